The van der Waals surface area contributed by atoms with Gasteiger partial charge in [0, 0.05) is 6.54 Å². The molecule has 1 aliphatic rings. The number of nitrogens with one attached hydrogen (secondary N) is 1. The van der Waals surface area contributed by atoms with E-state index in [2.05, 4.69) is 17.2 Å². The van der Waals surface area contributed by atoms with Gasteiger partial charge in [0.05, 0.1) is 4.92 Å². The van der Waals surface area contributed by atoms with Crippen LogP contribution in [0.15, 0.2) is 12.3 Å². The van der Waals surface area contributed by atoms with Crippen LogP contribution in [0, 0.1) is 15.5 Å². The van der Waals surface area contributed by atoms with E-state index >= 15 is 0 Å². The number of nitrogens with zero attached hydrogens (tertiary/aromatic N) is 2. The molecule has 1 saturated carbocycles. The Kier molecular flexibility index (Phi) is 2.90. The third-order valence-corrected chi connectivity index (χ3v) is 3.12. The van der Waals surface area contributed by atoms with Crippen molar-refractivity contribution in [3.63, 3.8) is 0 Å². The fourth-order valence-corrected chi connectivity index (χ4v) is 1.57. The highest BCUT2D eigenvalue weighted by molar-refractivity contribution is 5.98. The van der Waals surface area contributed by atoms with Crippen molar-refractivity contribution in [3.05, 3.63) is 27.9 Å². The number of nitro groups is 1. The van der Waals surface area contributed by atoms with Crippen molar-refractivity contribution in [3.8, 4) is 0 Å². The highest BCUT2D eigenvalue weighted by Gasteiger charge is 2.37. The van der Waals surface area contributed by atoms with Crippen molar-refractivity contribution in [1.29, 1.82) is 0 Å². The predicted molar refractivity (Wildman–Crippen MR) is 65.0 cm³/mol. The summed E-state index contributed by atoms with van der Waals surface area (Å²) in [6, 6.07) is 1.22. The first-order valence-corrected chi connectivity index (χ1v) is 5.59. The van der Waals surface area contributed by atoms with Crippen molar-refractivity contribution in [2.45, 2.75) is 19.8 Å². The van der Waals surface area contributed by atoms with Crippen LogP contribution in [-0.2, 0) is 0 Å². The van der Waals surface area contributed by atoms with E-state index in [9.17, 15) is 14.9 Å². The molecule has 1 heterocycles. The Hall–Kier alpha value is -2.18. The van der Waals surface area contributed by atoms with E-state index in [0.717, 1.165) is 19.0 Å². The lowest BCUT2D eigenvalue weighted by Gasteiger charge is -2.10. The van der Waals surface area contributed by atoms with Gasteiger partial charge in [-0.1, -0.05) is 6.92 Å². The Morgan fingerprint density at radius 3 is 2.89 bits per heavy atom. The molecule has 0 aromatic carbocycles. The summed E-state index contributed by atoms with van der Waals surface area (Å²) in [5, 5.41) is 13.5. The molecule has 0 atom stereocenters. The van der Waals surface area contributed by atoms with Crippen LogP contribution in [0.25, 0.3) is 0 Å². The summed E-state index contributed by atoms with van der Waals surface area (Å²) >= 11 is 0. The van der Waals surface area contributed by atoms with Gasteiger partial charge < -0.3 is 11.1 Å². The van der Waals surface area contributed by atoms with Crippen LogP contribution in [-0.4, -0.2) is 22.4 Å². The van der Waals surface area contributed by atoms with Crippen molar-refractivity contribution in [1.82, 2.24) is 10.3 Å². The summed E-state index contributed by atoms with van der Waals surface area (Å²) in [5.41, 5.74) is 5.21. The van der Waals surface area contributed by atoms with E-state index in [0.29, 0.717) is 6.54 Å². The summed E-state index contributed by atoms with van der Waals surface area (Å²) in [7, 11) is 0. The van der Waals surface area contributed by atoms with Crippen LogP contribution in [0.4, 0.5) is 11.5 Å². The standard InChI is InChI=1S/C11H14N4O3/c1-11(2-3-11)6-14-10(16)7-4-9(12)13-5-8(7)15(17)18/h4-5H,2-3,6H2,1H3,(H2,12,13)(H,14,16). The lowest BCUT2D eigenvalue weighted by Crippen LogP contribution is -2.29. The number of aromatic nitrogens is 1. The molecule has 1 amide bonds. The highest BCUT2D eigenvalue weighted by Crippen LogP contribution is 2.44. The zero-order valence-corrected chi connectivity index (χ0v) is 9.97. The largest absolute Gasteiger partial charge is 0.384 e. The number of amides is 1. The maximum Gasteiger partial charge on any atom is 0.300 e. The molecule has 2 rings (SSSR count). The fourth-order valence-electron chi connectivity index (χ4n) is 1.57. The highest BCUT2D eigenvalue weighted by atomic mass is 16.6. The Balaban J connectivity index is 2.17. The van der Waals surface area contributed by atoms with Gasteiger partial charge in [0.25, 0.3) is 11.6 Å². The fraction of sp³-hybridized carbons (Fsp3) is 0.455. The SMILES string of the molecule is CC1(CNC(=O)c2cc(N)ncc2[N+](=O)[O-])CC1. The maximum absolute atomic E-state index is 11.9. The van der Waals surface area contributed by atoms with Gasteiger partial charge in [-0.15, -0.1) is 0 Å². The Morgan fingerprint density at radius 2 is 2.33 bits per heavy atom. The number of hydrogen-bond acceptors (Lipinski definition) is 5. The quantitative estimate of drug-likeness (QED) is 0.614. The second-order valence-corrected chi connectivity index (χ2v) is 4.88. The molecule has 0 saturated heterocycles. The maximum atomic E-state index is 11.9. The van der Waals surface area contributed by atoms with Crippen molar-refractivity contribution >= 4 is 17.4 Å². The van der Waals surface area contributed by atoms with Gasteiger partial charge in [0.1, 0.15) is 17.6 Å². The third kappa shape index (κ3) is 2.55. The molecule has 18 heavy (non-hydrogen) atoms. The number of carbonyl (C=O) groups excluding carboxylic acids is 1. The smallest absolute Gasteiger partial charge is 0.300 e. The minimum Gasteiger partial charge on any atom is -0.384 e. The third-order valence-electron chi connectivity index (χ3n) is 3.12. The van der Waals surface area contributed by atoms with E-state index in [1.54, 1.807) is 0 Å². The second kappa shape index (κ2) is 4.25. The lowest BCUT2D eigenvalue weighted by atomic mass is 10.1. The van der Waals surface area contributed by atoms with Crippen molar-refractivity contribution < 1.29 is 9.72 Å². The number of nitrogens with two attached hydrogens (primary N) is 1. The zero-order valence-electron chi connectivity index (χ0n) is 9.97. The van der Waals surface area contributed by atoms with Crippen LogP contribution >= 0.6 is 0 Å². The number of nitrogen functional groups attached to an aromatic ring is 1. The summed E-state index contributed by atoms with van der Waals surface area (Å²) in [6.45, 7) is 2.58. The van der Waals surface area contributed by atoms with Crippen LogP contribution in [0.2, 0.25) is 0 Å². The molecule has 96 valence electrons. The molecule has 1 aromatic heterocycles. The van der Waals surface area contributed by atoms with Gasteiger partial charge in [-0.25, -0.2) is 4.98 Å². The Labute approximate surface area is 104 Å². The molecule has 0 spiro atoms. The molecule has 0 aliphatic heterocycles. The average molecular weight is 250 g/mol. The molecule has 1 aliphatic carbocycles. The van der Waals surface area contributed by atoms with Crippen LogP contribution in [0.5, 0.6) is 0 Å². The normalized spacial score (nSPS) is 16.1. The van der Waals surface area contributed by atoms with Gasteiger partial charge in [0.15, 0.2) is 0 Å². The predicted octanol–water partition coefficient (Wildman–Crippen LogP) is 1.10. The first kappa shape index (κ1) is 12.3. The van der Waals surface area contributed by atoms with Gasteiger partial charge in [-0.3, -0.25) is 14.9 Å². The van der Waals surface area contributed by atoms with Crippen LogP contribution in [0.3, 0.4) is 0 Å². The topological polar surface area (TPSA) is 111 Å². The van der Waals surface area contributed by atoms with Gasteiger partial charge in [0.2, 0.25) is 0 Å². The second-order valence-electron chi connectivity index (χ2n) is 4.88. The molecule has 0 unspecified atom stereocenters. The molecule has 0 radical (unpaired) electrons. The summed E-state index contributed by atoms with van der Waals surface area (Å²) in [5.74, 6) is -0.396. The zero-order chi connectivity index (χ0) is 13.3. The van der Waals surface area contributed by atoms with Gasteiger partial charge in [-0.05, 0) is 24.3 Å². The monoisotopic (exact) mass is 250 g/mol. The average Bonchev–Trinajstić information content (AvgIpc) is 3.04. The van der Waals surface area contributed by atoms with E-state index in [4.69, 9.17) is 5.73 Å². The number of pyridine rings is 1. The molecular formula is C11H14N4O3. The molecule has 7 nitrogen and oxygen atoms in total. The number of hydrogen-bond donors (Lipinski definition) is 2. The molecule has 7 heteroatoms. The molecule has 1 aromatic rings. The molecular weight excluding hydrogens is 236 g/mol. The van der Waals surface area contributed by atoms with E-state index in [-0.39, 0.29) is 22.5 Å². The first-order valence-electron chi connectivity index (χ1n) is 5.59. The lowest BCUT2D eigenvalue weighted by molar-refractivity contribution is -0.385. The van der Waals surface area contributed by atoms with Gasteiger partial charge >= 0.3 is 0 Å². The van der Waals surface area contributed by atoms with E-state index in [1.165, 1.54) is 6.07 Å². The van der Waals surface area contributed by atoms with E-state index in [1.807, 2.05) is 0 Å². The number of carbonyl (C=O) groups is 1. The Bertz CT molecular complexity index is 511. The van der Waals surface area contributed by atoms with Crippen molar-refractivity contribution in [2.75, 3.05) is 12.3 Å². The first-order chi connectivity index (χ1) is 8.41. The van der Waals surface area contributed by atoms with Gasteiger partial charge in [-0.2, -0.15) is 0 Å². The minimum atomic E-state index is -0.639. The molecule has 3 N–H and O–H groups in total. The Morgan fingerprint density at radius 1 is 1.67 bits per heavy atom. The number of anilines is 1. The van der Waals surface area contributed by atoms with Crippen LogP contribution < -0.4 is 11.1 Å². The van der Waals surface area contributed by atoms with Crippen molar-refractivity contribution in [2.24, 2.45) is 5.41 Å². The summed E-state index contributed by atoms with van der Waals surface area (Å²) < 4.78 is 0. The minimum absolute atomic E-state index is 0.0447. The molecule has 0 bridgehead atoms. The summed E-state index contributed by atoms with van der Waals surface area (Å²) in [4.78, 5) is 25.7. The molecule has 1 fully saturated rings. The summed E-state index contributed by atoms with van der Waals surface area (Å²) in [6.07, 6.45) is 3.13. The van der Waals surface area contributed by atoms with E-state index < -0.39 is 10.8 Å². The van der Waals surface area contributed by atoms with Crippen LogP contribution in [0.1, 0.15) is 30.1 Å². The number of rotatable bonds is 4.